The van der Waals surface area contributed by atoms with E-state index in [9.17, 15) is 4.79 Å². The van der Waals surface area contributed by atoms with Crippen LogP contribution in [0.4, 0.5) is 0 Å². The Labute approximate surface area is 167 Å². The number of rotatable bonds is 8. The Morgan fingerprint density at radius 3 is 2.82 bits per heavy atom. The highest BCUT2D eigenvalue weighted by Gasteiger charge is 2.45. The minimum atomic E-state index is -0.242. The summed E-state index contributed by atoms with van der Waals surface area (Å²) in [6.45, 7) is 9.12. The first kappa shape index (κ1) is 20.5. The van der Waals surface area contributed by atoms with Crippen LogP contribution in [-0.4, -0.2) is 51.4 Å². The molecule has 0 radical (unpaired) electrons. The van der Waals surface area contributed by atoms with Crippen molar-refractivity contribution in [2.24, 2.45) is 5.92 Å². The number of methoxy groups -OCH3 is 1. The van der Waals surface area contributed by atoms with Gasteiger partial charge >= 0.3 is 0 Å². The van der Waals surface area contributed by atoms with Crippen LogP contribution in [0.2, 0.25) is 0 Å². The first-order valence-corrected chi connectivity index (χ1v) is 9.83. The number of hydrogen-bond acceptors (Lipinski definition) is 5. The summed E-state index contributed by atoms with van der Waals surface area (Å²) < 4.78 is 7.04. The Morgan fingerprint density at radius 2 is 2.14 bits per heavy atom. The van der Waals surface area contributed by atoms with Gasteiger partial charge in [-0.1, -0.05) is 6.07 Å². The summed E-state index contributed by atoms with van der Waals surface area (Å²) in [6, 6.07) is 4.01. The fourth-order valence-electron chi connectivity index (χ4n) is 3.94. The summed E-state index contributed by atoms with van der Waals surface area (Å²) in [5.41, 5.74) is 1.99. The lowest BCUT2D eigenvalue weighted by atomic mass is 9.93. The smallest absolute Gasteiger partial charge is 0.223 e. The summed E-state index contributed by atoms with van der Waals surface area (Å²) in [6.07, 6.45) is 8.13. The van der Waals surface area contributed by atoms with Gasteiger partial charge in [-0.15, -0.1) is 0 Å². The molecule has 0 bridgehead atoms. The molecule has 152 valence electrons. The van der Waals surface area contributed by atoms with Crippen LogP contribution < -0.4 is 5.32 Å². The van der Waals surface area contributed by atoms with Crippen molar-refractivity contribution in [2.75, 3.05) is 20.3 Å². The predicted molar refractivity (Wildman–Crippen MR) is 107 cm³/mol. The molecule has 1 fully saturated rings. The number of pyridine rings is 1. The van der Waals surface area contributed by atoms with Gasteiger partial charge < -0.3 is 15.0 Å². The van der Waals surface area contributed by atoms with Crippen molar-refractivity contribution < 1.29 is 9.53 Å². The maximum absolute atomic E-state index is 12.9. The van der Waals surface area contributed by atoms with Gasteiger partial charge in [0.15, 0.2) is 0 Å². The molecule has 0 aliphatic carbocycles. The van der Waals surface area contributed by atoms with Crippen LogP contribution in [0.25, 0.3) is 0 Å². The summed E-state index contributed by atoms with van der Waals surface area (Å²) in [5, 5.41) is 7.98. The van der Waals surface area contributed by atoms with Gasteiger partial charge in [0, 0.05) is 62.2 Å². The van der Waals surface area contributed by atoms with E-state index < -0.39 is 0 Å². The molecule has 2 atom stereocenters. The first-order valence-electron chi connectivity index (χ1n) is 9.83. The Hall–Kier alpha value is -2.25. The molecule has 1 amide bonds. The number of carbonyl (C=O) groups excluding carboxylic acids is 1. The molecule has 0 aromatic carbocycles. The first-order chi connectivity index (χ1) is 13.4. The molecule has 0 saturated carbocycles. The third-order valence-electron chi connectivity index (χ3n) is 5.13. The van der Waals surface area contributed by atoms with Gasteiger partial charge in [0.1, 0.15) is 0 Å². The molecule has 1 saturated heterocycles. The second kappa shape index (κ2) is 8.84. The van der Waals surface area contributed by atoms with Gasteiger partial charge in [-0.05, 0) is 32.4 Å². The standard InChI is InChI=1S/C21H31N5O2/c1-21(2,3)26-19(27)10-17(13-23-12-16-6-5-7-22-11-16)20(26)18-14-24-25(15-18)8-9-28-4/h5-7,11,14-15,17,20,23H,8-10,12-13H2,1-4H3/t17-,20+/m0/s1. The third kappa shape index (κ3) is 4.77. The maximum atomic E-state index is 12.9. The summed E-state index contributed by atoms with van der Waals surface area (Å²) in [7, 11) is 1.69. The van der Waals surface area contributed by atoms with E-state index in [1.54, 1.807) is 13.3 Å². The Bertz CT molecular complexity index is 769. The normalized spacial score (nSPS) is 20.1. The second-order valence-corrected chi connectivity index (χ2v) is 8.37. The fourth-order valence-corrected chi connectivity index (χ4v) is 3.94. The molecule has 2 aromatic rings. The number of hydrogen-bond donors (Lipinski definition) is 1. The molecule has 2 aromatic heterocycles. The average molecular weight is 386 g/mol. The molecule has 7 nitrogen and oxygen atoms in total. The minimum absolute atomic E-state index is 0.0187. The van der Waals surface area contributed by atoms with Crippen LogP contribution >= 0.6 is 0 Å². The van der Waals surface area contributed by atoms with Gasteiger partial charge in [0.25, 0.3) is 0 Å². The van der Waals surface area contributed by atoms with Crippen LogP contribution in [-0.2, 0) is 22.6 Å². The molecule has 1 aliphatic rings. The van der Waals surface area contributed by atoms with Crippen molar-refractivity contribution in [2.45, 2.75) is 51.9 Å². The fraction of sp³-hybridized carbons (Fsp3) is 0.571. The van der Waals surface area contributed by atoms with E-state index in [0.717, 1.165) is 24.2 Å². The highest BCUT2D eigenvalue weighted by molar-refractivity contribution is 5.80. The lowest BCUT2D eigenvalue weighted by Gasteiger charge is -2.38. The third-order valence-corrected chi connectivity index (χ3v) is 5.13. The molecular weight excluding hydrogens is 354 g/mol. The van der Waals surface area contributed by atoms with E-state index in [1.807, 2.05) is 28.0 Å². The second-order valence-electron chi connectivity index (χ2n) is 8.37. The van der Waals surface area contributed by atoms with Crippen LogP contribution in [0.3, 0.4) is 0 Å². The highest BCUT2D eigenvalue weighted by Crippen LogP contribution is 2.42. The SMILES string of the molecule is COCCn1cc([C@H]2[C@H](CNCc3cccnc3)CC(=O)N2C(C)(C)C)cn1. The lowest BCUT2D eigenvalue weighted by molar-refractivity contribution is -0.133. The average Bonchev–Trinajstić information content (AvgIpc) is 3.24. The van der Waals surface area contributed by atoms with Gasteiger partial charge in [-0.3, -0.25) is 14.5 Å². The number of nitrogens with one attached hydrogen (secondary N) is 1. The lowest BCUT2D eigenvalue weighted by Crippen LogP contribution is -2.44. The Kier molecular flexibility index (Phi) is 6.46. The highest BCUT2D eigenvalue weighted by atomic mass is 16.5. The van der Waals surface area contributed by atoms with E-state index in [1.165, 1.54) is 0 Å². The molecule has 1 aliphatic heterocycles. The number of ether oxygens (including phenoxy) is 1. The molecule has 0 spiro atoms. The minimum Gasteiger partial charge on any atom is -0.383 e. The van der Waals surface area contributed by atoms with Crippen molar-refractivity contribution in [3.8, 4) is 0 Å². The van der Waals surface area contributed by atoms with Crippen molar-refractivity contribution in [3.05, 3.63) is 48.0 Å². The van der Waals surface area contributed by atoms with Crippen molar-refractivity contribution in [3.63, 3.8) is 0 Å². The Morgan fingerprint density at radius 1 is 1.32 bits per heavy atom. The number of aromatic nitrogens is 3. The quantitative estimate of drug-likeness (QED) is 0.755. The summed E-state index contributed by atoms with van der Waals surface area (Å²) in [4.78, 5) is 19.1. The zero-order chi connectivity index (χ0) is 20.1. The van der Waals surface area contributed by atoms with E-state index in [4.69, 9.17) is 4.74 Å². The Balaban J connectivity index is 1.75. The zero-order valence-corrected chi connectivity index (χ0v) is 17.3. The molecule has 7 heteroatoms. The largest absolute Gasteiger partial charge is 0.383 e. The monoisotopic (exact) mass is 385 g/mol. The van der Waals surface area contributed by atoms with Crippen LogP contribution in [0.5, 0.6) is 0 Å². The molecule has 0 unspecified atom stereocenters. The predicted octanol–water partition coefficient (Wildman–Crippen LogP) is 2.40. The van der Waals surface area contributed by atoms with Gasteiger partial charge in [0.2, 0.25) is 5.91 Å². The van der Waals surface area contributed by atoms with E-state index in [2.05, 4.69) is 48.4 Å². The van der Waals surface area contributed by atoms with E-state index >= 15 is 0 Å². The molecule has 3 rings (SSSR count). The molecule has 1 N–H and O–H groups in total. The van der Waals surface area contributed by atoms with Gasteiger partial charge in [0.05, 0.1) is 25.4 Å². The van der Waals surface area contributed by atoms with E-state index in [0.29, 0.717) is 19.6 Å². The van der Waals surface area contributed by atoms with Crippen LogP contribution in [0.1, 0.15) is 44.4 Å². The zero-order valence-electron chi connectivity index (χ0n) is 17.3. The van der Waals surface area contributed by atoms with Gasteiger partial charge in [-0.2, -0.15) is 5.10 Å². The topological polar surface area (TPSA) is 72.3 Å². The van der Waals surface area contributed by atoms with Crippen LogP contribution in [0, 0.1) is 5.92 Å². The summed E-state index contributed by atoms with van der Waals surface area (Å²) >= 11 is 0. The molecule has 28 heavy (non-hydrogen) atoms. The molecule has 3 heterocycles. The number of likely N-dealkylation sites (tertiary alicyclic amines) is 1. The van der Waals surface area contributed by atoms with Gasteiger partial charge in [-0.25, -0.2) is 0 Å². The number of carbonyl (C=O) groups is 1. The number of amides is 1. The summed E-state index contributed by atoms with van der Waals surface area (Å²) in [5.74, 6) is 0.402. The van der Waals surface area contributed by atoms with E-state index in [-0.39, 0.29) is 23.4 Å². The van der Waals surface area contributed by atoms with Crippen molar-refractivity contribution >= 4 is 5.91 Å². The van der Waals surface area contributed by atoms with Crippen LogP contribution in [0.15, 0.2) is 36.9 Å². The van der Waals surface area contributed by atoms with Crippen molar-refractivity contribution in [1.82, 2.24) is 25.0 Å². The van der Waals surface area contributed by atoms with Crippen molar-refractivity contribution in [1.29, 1.82) is 0 Å². The molecular formula is C21H31N5O2. The number of nitrogens with zero attached hydrogens (tertiary/aromatic N) is 4. The maximum Gasteiger partial charge on any atom is 0.223 e.